The van der Waals surface area contributed by atoms with Gasteiger partial charge >= 0.3 is 12.1 Å². The van der Waals surface area contributed by atoms with Gasteiger partial charge in [-0.15, -0.1) is 0 Å². The van der Waals surface area contributed by atoms with Gasteiger partial charge in [-0.2, -0.15) is 13.2 Å². The Hall–Kier alpha value is -1.72. The number of carbonyl (C=O) groups is 1. The van der Waals surface area contributed by atoms with Crippen molar-refractivity contribution in [1.82, 2.24) is 0 Å². The molecule has 0 N–H and O–H groups in total. The zero-order chi connectivity index (χ0) is 14.6. The Bertz CT molecular complexity index is 424. The predicted octanol–water partition coefficient (Wildman–Crippen LogP) is 3.42. The number of hydrogen-bond acceptors (Lipinski definition) is 3. The third-order valence-corrected chi connectivity index (χ3v) is 2.18. The van der Waals surface area contributed by atoms with Crippen molar-refractivity contribution in [3.05, 3.63) is 29.8 Å². The van der Waals surface area contributed by atoms with Gasteiger partial charge in [-0.25, -0.2) is 4.79 Å². The number of esters is 1. The third-order valence-electron chi connectivity index (χ3n) is 2.18. The van der Waals surface area contributed by atoms with Crippen LogP contribution in [0.15, 0.2) is 24.3 Å². The van der Waals surface area contributed by atoms with Gasteiger partial charge in [0.05, 0.1) is 11.7 Å². The molecule has 1 aromatic rings. The Morgan fingerprint density at radius 3 is 2.05 bits per heavy atom. The molecule has 3 nitrogen and oxygen atoms in total. The van der Waals surface area contributed by atoms with Crippen LogP contribution in [0.4, 0.5) is 13.2 Å². The summed E-state index contributed by atoms with van der Waals surface area (Å²) in [5.74, 6) is -0.379. The molecule has 0 radical (unpaired) electrons. The van der Waals surface area contributed by atoms with Gasteiger partial charge in [0.25, 0.3) is 0 Å². The van der Waals surface area contributed by atoms with E-state index in [1.54, 1.807) is 13.8 Å². The lowest BCUT2D eigenvalue weighted by atomic mass is 10.2. The number of ether oxygens (including phenoxy) is 2. The molecule has 19 heavy (non-hydrogen) atoms. The van der Waals surface area contributed by atoms with Crippen molar-refractivity contribution in [3.63, 3.8) is 0 Å². The maximum absolute atomic E-state index is 12.3. The van der Waals surface area contributed by atoms with E-state index in [0.29, 0.717) is 0 Å². The van der Waals surface area contributed by atoms with Gasteiger partial charge < -0.3 is 9.47 Å². The SMILES string of the molecule is CC(C)OC(=O)C(C)Oc1ccc(C(F)(F)F)cc1. The van der Waals surface area contributed by atoms with Crippen LogP contribution in [0, 0.1) is 0 Å². The summed E-state index contributed by atoms with van der Waals surface area (Å²) in [4.78, 5) is 11.5. The highest BCUT2D eigenvalue weighted by Crippen LogP contribution is 2.30. The standard InChI is InChI=1S/C13H15F3O3/c1-8(2)18-12(17)9(3)19-11-6-4-10(5-7-11)13(14,15)16/h4-9H,1-3H3. The number of hydrogen-bond donors (Lipinski definition) is 0. The largest absolute Gasteiger partial charge is 0.479 e. The Morgan fingerprint density at radius 2 is 1.63 bits per heavy atom. The first-order chi connectivity index (χ1) is 8.70. The van der Waals surface area contributed by atoms with Crippen molar-refractivity contribution in [1.29, 1.82) is 0 Å². The summed E-state index contributed by atoms with van der Waals surface area (Å²) in [5.41, 5.74) is -0.766. The van der Waals surface area contributed by atoms with Gasteiger partial charge in [0, 0.05) is 0 Å². The summed E-state index contributed by atoms with van der Waals surface area (Å²) in [6.45, 7) is 4.87. The molecule has 0 amide bonds. The van der Waals surface area contributed by atoms with Crippen LogP contribution in [-0.2, 0) is 15.7 Å². The summed E-state index contributed by atoms with van der Waals surface area (Å²) in [6, 6.07) is 4.13. The zero-order valence-electron chi connectivity index (χ0n) is 10.8. The van der Waals surface area contributed by atoms with E-state index in [1.165, 1.54) is 19.1 Å². The van der Waals surface area contributed by atoms with Gasteiger partial charge in [-0.1, -0.05) is 0 Å². The van der Waals surface area contributed by atoms with Crippen LogP contribution in [-0.4, -0.2) is 18.2 Å². The van der Waals surface area contributed by atoms with Crippen LogP contribution in [0.2, 0.25) is 0 Å². The summed E-state index contributed by atoms with van der Waals surface area (Å²) in [7, 11) is 0. The van der Waals surface area contributed by atoms with Crippen LogP contribution in [0.3, 0.4) is 0 Å². The molecular weight excluding hydrogens is 261 g/mol. The zero-order valence-corrected chi connectivity index (χ0v) is 10.8. The minimum absolute atomic E-state index is 0.182. The molecule has 106 valence electrons. The van der Waals surface area contributed by atoms with Crippen LogP contribution < -0.4 is 4.74 Å². The van der Waals surface area contributed by atoms with Crippen molar-refractivity contribution in [2.24, 2.45) is 0 Å². The molecule has 0 heterocycles. The molecule has 0 aromatic heterocycles. The van der Waals surface area contributed by atoms with Crippen molar-refractivity contribution >= 4 is 5.97 Å². The Morgan fingerprint density at radius 1 is 1.11 bits per heavy atom. The van der Waals surface area contributed by atoms with Crippen LogP contribution in [0.5, 0.6) is 5.75 Å². The maximum Gasteiger partial charge on any atom is 0.416 e. The first-order valence-electron chi connectivity index (χ1n) is 5.74. The lowest BCUT2D eigenvalue weighted by Gasteiger charge is -2.16. The Kier molecular flexibility index (Phi) is 4.80. The molecule has 1 unspecified atom stereocenters. The van der Waals surface area contributed by atoms with E-state index in [2.05, 4.69) is 0 Å². The smallest absolute Gasteiger partial charge is 0.416 e. The van der Waals surface area contributed by atoms with Crippen LogP contribution >= 0.6 is 0 Å². The summed E-state index contributed by atoms with van der Waals surface area (Å²) < 4.78 is 47.1. The Labute approximate surface area is 109 Å². The van der Waals surface area contributed by atoms with E-state index in [1.807, 2.05) is 0 Å². The fourth-order valence-corrected chi connectivity index (χ4v) is 1.30. The molecule has 0 saturated heterocycles. The molecule has 1 atom stereocenters. The van der Waals surface area contributed by atoms with E-state index in [4.69, 9.17) is 9.47 Å². The van der Waals surface area contributed by atoms with E-state index < -0.39 is 23.8 Å². The van der Waals surface area contributed by atoms with Gasteiger partial charge in [0.15, 0.2) is 6.10 Å². The first kappa shape index (κ1) is 15.3. The molecular formula is C13H15F3O3. The predicted molar refractivity (Wildman–Crippen MR) is 62.8 cm³/mol. The minimum atomic E-state index is -4.39. The summed E-state index contributed by atoms with van der Waals surface area (Å²) in [6.07, 6.45) is -5.54. The lowest BCUT2D eigenvalue weighted by molar-refractivity contribution is -0.155. The van der Waals surface area contributed by atoms with E-state index in [9.17, 15) is 18.0 Å². The number of alkyl halides is 3. The molecule has 0 saturated carbocycles. The van der Waals surface area contributed by atoms with Crippen molar-refractivity contribution < 1.29 is 27.4 Å². The number of rotatable bonds is 4. The van der Waals surface area contributed by atoms with Crippen LogP contribution in [0.1, 0.15) is 26.3 Å². The minimum Gasteiger partial charge on any atom is -0.479 e. The van der Waals surface area contributed by atoms with Gasteiger partial charge in [0.1, 0.15) is 5.75 Å². The summed E-state index contributed by atoms with van der Waals surface area (Å²) in [5, 5.41) is 0. The molecule has 1 aromatic carbocycles. The monoisotopic (exact) mass is 276 g/mol. The molecule has 6 heteroatoms. The highest BCUT2D eigenvalue weighted by Gasteiger charge is 2.30. The van der Waals surface area contributed by atoms with Crippen molar-refractivity contribution in [2.75, 3.05) is 0 Å². The quantitative estimate of drug-likeness (QED) is 0.790. The number of carbonyl (C=O) groups excluding carboxylic acids is 1. The number of benzene rings is 1. The van der Waals surface area contributed by atoms with E-state index in [0.717, 1.165) is 12.1 Å². The fraction of sp³-hybridized carbons (Fsp3) is 0.462. The van der Waals surface area contributed by atoms with Gasteiger partial charge in [0.2, 0.25) is 0 Å². The molecule has 0 fully saturated rings. The average molecular weight is 276 g/mol. The van der Waals surface area contributed by atoms with Crippen molar-refractivity contribution in [2.45, 2.75) is 39.2 Å². The Balaban J connectivity index is 2.65. The highest BCUT2D eigenvalue weighted by atomic mass is 19.4. The summed E-state index contributed by atoms with van der Waals surface area (Å²) >= 11 is 0. The molecule has 0 aliphatic carbocycles. The van der Waals surface area contributed by atoms with Crippen LogP contribution in [0.25, 0.3) is 0 Å². The topological polar surface area (TPSA) is 35.5 Å². The van der Waals surface area contributed by atoms with E-state index >= 15 is 0 Å². The maximum atomic E-state index is 12.3. The molecule has 0 spiro atoms. The lowest BCUT2D eigenvalue weighted by Crippen LogP contribution is -2.28. The third kappa shape index (κ3) is 4.81. The van der Waals surface area contributed by atoms with E-state index in [-0.39, 0.29) is 11.9 Å². The normalized spacial score (nSPS) is 13.2. The second-order valence-corrected chi connectivity index (χ2v) is 4.27. The molecule has 1 rings (SSSR count). The second kappa shape index (κ2) is 5.95. The molecule has 0 aliphatic rings. The molecule has 0 bridgehead atoms. The average Bonchev–Trinajstić information content (AvgIpc) is 2.27. The van der Waals surface area contributed by atoms with Gasteiger partial charge in [-0.05, 0) is 45.0 Å². The molecule has 0 aliphatic heterocycles. The van der Waals surface area contributed by atoms with Crippen molar-refractivity contribution in [3.8, 4) is 5.75 Å². The highest BCUT2D eigenvalue weighted by molar-refractivity contribution is 5.74. The second-order valence-electron chi connectivity index (χ2n) is 4.27. The van der Waals surface area contributed by atoms with Gasteiger partial charge in [-0.3, -0.25) is 0 Å². The number of halogens is 3. The fourth-order valence-electron chi connectivity index (χ4n) is 1.30. The first-order valence-corrected chi connectivity index (χ1v) is 5.74.